The minimum atomic E-state index is -0.486. The Hall–Kier alpha value is -2.99. The lowest BCUT2D eigenvalue weighted by Crippen LogP contribution is -2.41. The van der Waals surface area contributed by atoms with Gasteiger partial charge in [0.25, 0.3) is 11.5 Å². The molecule has 1 heterocycles. The summed E-state index contributed by atoms with van der Waals surface area (Å²) in [5.41, 5.74) is 1.20. The Morgan fingerprint density at radius 1 is 1.16 bits per heavy atom. The monoisotopic (exact) mass is 337 g/mol. The molecule has 2 aromatic carbocycles. The van der Waals surface area contributed by atoms with Gasteiger partial charge in [-0.05, 0) is 24.1 Å². The van der Waals surface area contributed by atoms with E-state index < -0.39 is 11.9 Å². The lowest BCUT2D eigenvalue weighted by molar-refractivity contribution is 0.0901. The first-order chi connectivity index (χ1) is 12.1. The van der Waals surface area contributed by atoms with Gasteiger partial charge in [0.05, 0.1) is 23.6 Å². The summed E-state index contributed by atoms with van der Waals surface area (Å²) in [5, 5.41) is 12.8. The van der Waals surface area contributed by atoms with Crippen LogP contribution in [0.15, 0.2) is 59.4 Å². The maximum atomic E-state index is 12.6. The third kappa shape index (κ3) is 3.59. The summed E-state index contributed by atoms with van der Waals surface area (Å²) < 4.78 is 1.23. The lowest BCUT2D eigenvalue weighted by atomic mass is 10.1. The summed E-state index contributed by atoms with van der Waals surface area (Å²) in [6.07, 6.45) is 0.491. The van der Waals surface area contributed by atoms with Gasteiger partial charge in [-0.25, -0.2) is 4.98 Å². The van der Waals surface area contributed by atoms with E-state index in [1.165, 1.54) is 11.6 Å². The number of hydrogen-bond donors (Lipinski definition) is 2. The molecule has 128 valence electrons. The number of fused-ring (bicyclic) bond motifs is 1. The molecule has 0 saturated heterocycles. The molecule has 1 amide bonds. The number of para-hydroxylation sites is 1. The van der Waals surface area contributed by atoms with Gasteiger partial charge in [0.1, 0.15) is 0 Å². The Morgan fingerprint density at radius 3 is 2.56 bits per heavy atom. The van der Waals surface area contributed by atoms with Crippen molar-refractivity contribution in [3.63, 3.8) is 0 Å². The summed E-state index contributed by atoms with van der Waals surface area (Å²) in [6.45, 7) is -0.206. The van der Waals surface area contributed by atoms with E-state index in [2.05, 4.69) is 10.3 Å². The molecule has 1 atom stereocenters. The van der Waals surface area contributed by atoms with E-state index in [1.807, 2.05) is 30.3 Å². The number of aliphatic hydroxyl groups is 1. The molecule has 0 fully saturated rings. The Morgan fingerprint density at radius 2 is 1.84 bits per heavy atom. The molecular formula is C19H19N3O3. The van der Waals surface area contributed by atoms with Gasteiger partial charge in [-0.15, -0.1) is 0 Å². The number of benzene rings is 2. The van der Waals surface area contributed by atoms with Gasteiger partial charge in [-0.2, -0.15) is 0 Å². The number of carbonyl (C=O) groups is 1. The zero-order valence-corrected chi connectivity index (χ0v) is 13.8. The van der Waals surface area contributed by atoms with Crippen molar-refractivity contribution < 1.29 is 9.90 Å². The Kier molecular flexibility index (Phi) is 4.90. The summed E-state index contributed by atoms with van der Waals surface area (Å²) in [6, 6.07) is 16.0. The summed E-state index contributed by atoms with van der Waals surface area (Å²) >= 11 is 0. The predicted molar refractivity (Wildman–Crippen MR) is 95.5 cm³/mol. The van der Waals surface area contributed by atoms with Crippen LogP contribution in [-0.2, 0) is 13.5 Å². The average Bonchev–Trinajstić information content (AvgIpc) is 2.64. The van der Waals surface area contributed by atoms with Crippen LogP contribution in [0.5, 0.6) is 0 Å². The van der Waals surface area contributed by atoms with Crippen LogP contribution in [0.4, 0.5) is 0 Å². The SMILES string of the molecule is Cn1c(C(=O)N[C@H](CO)Cc2ccccc2)nc2ccccc2c1=O. The highest BCUT2D eigenvalue weighted by Crippen LogP contribution is 2.08. The van der Waals surface area contributed by atoms with Crippen molar-refractivity contribution in [1.29, 1.82) is 0 Å². The number of aliphatic hydroxyl groups excluding tert-OH is 1. The quantitative estimate of drug-likeness (QED) is 0.734. The zero-order valence-electron chi connectivity index (χ0n) is 13.8. The maximum absolute atomic E-state index is 12.6. The number of hydrogen-bond acceptors (Lipinski definition) is 4. The molecule has 0 aliphatic rings. The number of carbonyl (C=O) groups excluding carboxylic acids is 1. The van der Waals surface area contributed by atoms with E-state index in [1.54, 1.807) is 24.3 Å². The van der Waals surface area contributed by atoms with E-state index in [4.69, 9.17) is 0 Å². The van der Waals surface area contributed by atoms with Crippen LogP contribution in [0, 0.1) is 0 Å². The van der Waals surface area contributed by atoms with Crippen LogP contribution < -0.4 is 10.9 Å². The number of nitrogens with zero attached hydrogens (tertiary/aromatic N) is 2. The first kappa shape index (κ1) is 16.9. The number of amides is 1. The van der Waals surface area contributed by atoms with Crippen LogP contribution in [0.3, 0.4) is 0 Å². The van der Waals surface area contributed by atoms with Crippen molar-refractivity contribution in [2.24, 2.45) is 7.05 Å². The highest BCUT2D eigenvalue weighted by atomic mass is 16.3. The molecule has 0 saturated carbocycles. The third-order valence-electron chi connectivity index (χ3n) is 4.07. The number of rotatable bonds is 5. The smallest absolute Gasteiger partial charge is 0.287 e. The molecule has 1 aromatic heterocycles. The normalized spacial score (nSPS) is 12.1. The summed E-state index contributed by atoms with van der Waals surface area (Å²) in [4.78, 5) is 29.3. The molecular weight excluding hydrogens is 318 g/mol. The van der Waals surface area contributed by atoms with Gasteiger partial charge >= 0.3 is 0 Å². The van der Waals surface area contributed by atoms with Gasteiger partial charge in [0.15, 0.2) is 0 Å². The largest absolute Gasteiger partial charge is 0.394 e. The molecule has 0 aliphatic heterocycles. The minimum absolute atomic E-state index is 0.0233. The second kappa shape index (κ2) is 7.27. The molecule has 3 rings (SSSR count). The van der Waals surface area contributed by atoms with Gasteiger partial charge in [0, 0.05) is 7.05 Å². The van der Waals surface area contributed by atoms with Gasteiger partial charge < -0.3 is 10.4 Å². The fourth-order valence-electron chi connectivity index (χ4n) is 2.73. The molecule has 0 radical (unpaired) electrons. The fraction of sp³-hybridized carbons (Fsp3) is 0.211. The van der Waals surface area contributed by atoms with Crippen LogP contribution >= 0.6 is 0 Å². The molecule has 0 unspecified atom stereocenters. The van der Waals surface area contributed by atoms with Crippen molar-refractivity contribution in [3.05, 3.63) is 76.3 Å². The predicted octanol–water partition coefficient (Wildman–Crippen LogP) is 1.27. The van der Waals surface area contributed by atoms with Crippen molar-refractivity contribution in [2.45, 2.75) is 12.5 Å². The number of nitrogens with one attached hydrogen (secondary N) is 1. The van der Waals surface area contributed by atoms with Crippen LogP contribution in [0.25, 0.3) is 10.9 Å². The standard InChI is InChI=1S/C19H19N3O3/c1-22-17(21-16-10-6-5-9-15(16)19(22)25)18(24)20-14(12-23)11-13-7-3-2-4-8-13/h2-10,14,23H,11-12H2,1H3,(H,20,24)/t14-/m0/s1. The van der Waals surface area contributed by atoms with E-state index in [0.29, 0.717) is 17.3 Å². The molecule has 25 heavy (non-hydrogen) atoms. The summed E-state index contributed by atoms with van der Waals surface area (Å²) in [7, 11) is 1.52. The summed E-state index contributed by atoms with van der Waals surface area (Å²) in [5.74, 6) is -0.462. The van der Waals surface area contributed by atoms with Crippen LogP contribution in [-0.4, -0.2) is 33.2 Å². The van der Waals surface area contributed by atoms with Crippen molar-refractivity contribution in [1.82, 2.24) is 14.9 Å². The molecule has 2 N–H and O–H groups in total. The number of aromatic nitrogens is 2. The fourth-order valence-corrected chi connectivity index (χ4v) is 2.73. The van der Waals surface area contributed by atoms with Crippen LogP contribution in [0.1, 0.15) is 16.2 Å². The molecule has 6 heteroatoms. The average molecular weight is 337 g/mol. The lowest BCUT2D eigenvalue weighted by Gasteiger charge is -2.17. The minimum Gasteiger partial charge on any atom is -0.394 e. The molecule has 0 aliphatic carbocycles. The van der Waals surface area contributed by atoms with E-state index in [0.717, 1.165) is 5.56 Å². The zero-order chi connectivity index (χ0) is 17.8. The highest BCUT2D eigenvalue weighted by molar-refractivity contribution is 5.93. The van der Waals surface area contributed by atoms with Crippen molar-refractivity contribution in [3.8, 4) is 0 Å². The van der Waals surface area contributed by atoms with E-state index >= 15 is 0 Å². The van der Waals surface area contributed by atoms with Crippen molar-refractivity contribution in [2.75, 3.05) is 6.61 Å². The Balaban J connectivity index is 1.86. The van der Waals surface area contributed by atoms with Gasteiger partial charge in [-0.3, -0.25) is 14.2 Å². The topological polar surface area (TPSA) is 84.2 Å². The van der Waals surface area contributed by atoms with E-state index in [9.17, 15) is 14.7 Å². The first-order valence-electron chi connectivity index (χ1n) is 8.01. The molecule has 6 nitrogen and oxygen atoms in total. The molecule has 3 aromatic rings. The third-order valence-corrected chi connectivity index (χ3v) is 4.07. The van der Waals surface area contributed by atoms with Crippen molar-refractivity contribution >= 4 is 16.8 Å². The van der Waals surface area contributed by atoms with Gasteiger partial charge in [0.2, 0.25) is 5.82 Å². The molecule has 0 spiro atoms. The first-order valence-corrected chi connectivity index (χ1v) is 8.01. The molecule has 0 bridgehead atoms. The van der Waals surface area contributed by atoms with E-state index in [-0.39, 0.29) is 18.0 Å². The van der Waals surface area contributed by atoms with Gasteiger partial charge in [-0.1, -0.05) is 42.5 Å². The van der Waals surface area contributed by atoms with Crippen LogP contribution in [0.2, 0.25) is 0 Å². The second-order valence-corrected chi connectivity index (χ2v) is 5.86. The highest BCUT2D eigenvalue weighted by Gasteiger charge is 2.18. The second-order valence-electron chi connectivity index (χ2n) is 5.86. The Labute approximate surface area is 144 Å². The Bertz CT molecular complexity index is 951. The maximum Gasteiger partial charge on any atom is 0.287 e.